The van der Waals surface area contributed by atoms with Gasteiger partial charge in [0.2, 0.25) is 0 Å². The number of ether oxygens (including phenoxy) is 2. The van der Waals surface area contributed by atoms with Gasteiger partial charge in [-0.25, -0.2) is 9.69 Å². The molecule has 1 aliphatic heterocycles. The maximum atomic E-state index is 13.2. The summed E-state index contributed by atoms with van der Waals surface area (Å²) in [6.07, 6.45) is 2.15. The van der Waals surface area contributed by atoms with E-state index in [-0.39, 0.29) is 5.57 Å². The highest BCUT2D eigenvalue weighted by Crippen LogP contribution is 2.28. The molecular weight excluding hydrogens is 456 g/mol. The van der Waals surface area contributed by atoms with Gasteiger partial charge in [0.05, 0.1) is 19.4 Å². The van der Waals surface area contributed by atoms with Crippen molar-refractivity contribution < 1.29 is 23.9 Å². The second kappa shape index (κ2) is 10.5. The van der Waals surface area contributed by atoms with Crippen LogP contribution in [0.1, 0.15) is 34.7 Å². The summed E-state index contributed by atoms with van der Waals surface area (Å²) in [5, 5.41) is 2.25. The molecule has 3 aromatic rings. The molecule has 7 heteroatoms. The van der Waals surface area contributed by atoms with Crippen molar-refractivity contribution in [2.75, 3.05) is 18.6 Å². The summed E-state index contributed by atoms with van der Waals surface area (Å²) in [5.41, 5.74) is 5.33. The van der Waals surface area contributed by atoms with Crippen LogP contribution in [0.15, 0.2) is 66.2 Å². The van der Waals surface area contributed by atoms with E-state index in [4.69, 9.17) is 9.47 Å². The van der Waals surface area contributed by atoms with E-state index in [0.717, 1.165) is 10.5 Å². The minimum atomic E-state index is -0.798. The molecule has 0 aliphatic carbocycles. The van der Waals surface area contributed by atoms with Crippen LogP contribution in [0.5, 0.6) is 11.5 Å². The number of barbiturate groups is 1. The predicted molar refractivity (Wildman–Crippen MR) is 138 cm³/mol. The molecule has 0 saturated carbocycles. The molecule has 4 amide bonds. The lowest BCUT2D eigenvalue weighted by Gasteiger charge is -2.26. The molecule has 3 aromatic carbocycles. The average molecular weight is 485 g/mol. The SMILES string of the molecule is CCOc1ccc(N2C(=O)NC(=O)/C(=C\c3ccc(Cc4cc(C)cc(C)c4)c(OC)c3)C2=O)cc1. The second-order valence-corrected chi connectivity index (χ2v) is 8.63. The number of aryl methyl sites for hydroxylation is 2. The van der Waals surface area contributed by atoms with Gasteiger partial charge in [0.15, 0.2) is 0 Å². The van der Waals surface area contributed by atoms with Crippen molar-refractivity contribution in [3.63, 3.8) is 0 Å². The lowest BCUT2D eigenvalue weighted by atomic mass is 9.98. The van der Waals surface area contributed by atoms with Crippen LogP contribution in [0.25, 0.3) is 6.08 Å². The van der Waals surface area contributed by atoms with E-state index >= 15 is 0 Å². The molecule has 4 rings (SSSR count). The van der Waals surface area contributed by atoms with E-state index < -0.39 is 17.8 Å². The van der Waals surface area contributed by atoms with Gasteiger partial charge < -0.3 is 9.47 Å². The van der Waals surface area contributed by atoms with E-state index in [0.29, 0.717) is 35.8 Å². The number of rotatable bonds is 7. The highest BCUT2D eigenvalue weighted by Gasteiger charge is 2.36. The van der Waals surface area contributed by atoms with Gasteiger partial charge in [0, 0.05) is 6.42 Å². The van der Waals surface area contributed by atoms with E-state index in [1.807, 2.05) is 19.1 Å². The predicted octanol–water partition coefficient (Wildman–Crippen LogP) is 4.97. The fourth-order valence-electron chi connectivity index (χ4n) is 4.30. The molecule has 0 aromatic heterocycles. The highest BCUT2D eigenvalue weighted by atomic mass is 16.5. The lowest BCUT2D eigenvalue weighted by molar-refractivity contribution is -0.122. The third kappa shape index (κ3) is 5.30. The number of amides is 4. The topological polar surface area (TPSA) is 84.9 Å². The van der Waals surface area contributed by atoms with Crippen molar-refractivity contribution in [2.45, 2.75) is 27.2 Å². The molecule has 0 atom stereocenters. The first-order chi connectivity index (χ1) is 17.3. The minimum absolute atomic E-state index is 0.146. The lowest BCUT2D eigenvalue weighted by Crippen LogP contribution is -2.54. The summed E-state index contributed by atoms with van der Waals surface area (Å²) in [5.74, 6) is -0.186. The van der Waals surface area contributed by atoms with Crippen LogP contribution < -0.4 is 19.7 Å². The van der Waals surface area contributed by atoms with Crippen molar-refractivity contribution >= 4 is 29.6 Å². The molecule has 1 heterocycles. The maximum Gasteiger partial charge on any atom is 0.335 e. The van der Waals surface area contributed by atoms with Crippen LogP contribution in [0.3, 0.4) is 0 Å². The molecule has 0 unspecified atom stereocenters. The zero-order chi connectivity index (χ0) is 25.8. The molecule has 0 radical (unpaired) electrons. The zero-order valence-electron chi connectivity index (χ0n) is 20.8. The van der Waals surface area contributed by atoms with E-state index in [2.05, 4.69) is 37.4 Å². The molecule has 1 aliphatic rings. The van der Waals surface area contributed by atoms with Crippen LogP contribution in [-0.4, -0.2) is 31.6 Å². The Balaban J connectivity index is 1.62. The summed E-state index contributed by atoms with van der Waals surface area (Å²) in [4.78, 5) is 39.2. The van der Waals surface area contributed by atoms with E-state index in [9.17, 15) is 14.4 Å². The van der Waals surface area contributed by atoms with E-state index in [1.165, 1.54) is 22.8 Å². The number of hydrogen-bond acceptors (Lipinski definition) is 5. The molecule has 36 heavy (non-hydrogen) atoms. The Kier molecular flexibility index (Phi) is 7.20. The number of methoxy groups -OCH3 is 1. The normalized spacial score (nSPS) is 14.7. The Bertz CT molecular complexity index is 1340. The smallest absolute Gasteiger partial charge is 0.335 e. The van der Waals surface area contributed by atoms with Crippen LogP contribution in [0.2, 0.25) is 0 Å². The van der Waals surface area contributed by atoms with Crippen LogP contribution in [0.4, 0.5) is 10.5 Å². The molecule has 184 valence electrons. The summed E-state index contributed by atoms with van der Waals surface area (Å²) in [6.45, 7) is 6.49. The summed E-state index contributed by atoms with van der Waals surface area (Å²) in [7, 11) is 1.59. The molecule has 1 saturated heterocycles. The summed E-state index contributed by atoms with van der Waals surface area (Å²) in [6, 6.07) is 17.7. The Morgan fingerprint density at radius 2 is 1.61 bits per heavy atom. The van der Waals surface area contributed by atoms with Gasteiger partial charge in [-0.15, -0.1) is 0 Å². The van der Waals surface area contributed by atoms with Crippen molar-refractivity contribution in [3.05, 3.63) is 94.1 Å². The van der Waals surface area contributed by atoms with Gasteiger partial charge in [-0.2, -0.15) is 0 Å². The first kappa shape index (κ1) is 24.7. The first-order valence-electron chi connectivity index (χ1n) is 11.7. The fraction of sp³-hybridized carbons (Fsp3) is 0.207. The van der Waals surface area contributed by atoms with Gasteiger partial charge in [-0.05, 0) is 73.9 Å². The minimum Gasteiger partial charge on any atom is -0.496 e. The highest BCUT2D eigenvalue weighted by molar-refractivity contribution is 6.39. The number of carbonyl (C=O) groups is 3. The van der Waals surface area contributed by atoms with E-state index in [1.54, 1.807) is 37.4 Å². The number of nitrogens with zero attached hydrogens (tertiary/aromatic N) is 1. The molecule has 0 spiro atoms. The summed E-state index contributed by atoms with van der Waals surface area (Å²) >= 11 is 0. The van der Waals surface area contributed by atoms with Gasteiger partial charge in [0.1, 0.15) is 17.1 Å². The second-order valence-electron chi connectivity index (χ2n) is 8.63. The molecule has 7 nitrogen and oxygen atoms in total. The average Bonchev–Trinajstić information content (AvgIpc) is 2.83. The number of hydrogen-bond donors (Lipinski definition) is 1. The molecule has 0 bridgehead atoms. The largest absolute Gasteiger partial charge is 0.496 e. The molecular formula is C29H28N2O5. The fourth-order valence-corrected chi connectivity index (χ4v) is 4.30. The Hall–Kier alpha value is -4.39. The van der Waals surface area contributed by atoms with Crippen molar-refractivity contribution in [1.82, 2.24) is 5.32 Å². The number of urea groups is 1. The summed E-state index contributed by atoms with van der Waals surface area (Å²) < 4.78 is 11.0. The third-order valence-electron chi connectivity index (χ3n) is 5.81. The van der Waals surface area contributed by atoms with Crippen LogP contribution in [-0.2, 0) is 16.0 Å². The first-order valence-corrected chi connectivity index (χ1v) is 11.7. The zero-order valence-corrected chi connectivity index (χ0v) is 20.8. The monoisotopic (exact) mass is 484 g/mol. The number of nitrogens with one attached hydrogen (secondary N) is 1. The molecule has 1 N–H and O–H groups in total. The Labute approximate surface area is 210 Å². The molecule has 1 fully saturated rings. The van der Waals surface area contributed by atoms with Gasteiger partial charge in [-0.1, -0.05) is 41.5 Å². The Morgan fingerprint density at radius 1 is 0.917 bits per heavy atom. The van der Waals surface area contributed by atoms with Crippen molar-refractivity contribution in [2.24, 2.45) is 0 Å². The maximum absolute atomic E-state index is 13.2. The number of anilines is 1. The Morgan fingerprint density at radius 3 is 2.25 bits per heavy atom. The van der Waals surface area contributed by atoms with Crippen molar-refractivity contribution in [3.8, 4) is 11.5 Å². The number of carbonyl (C=O) groups excluding carboxylic acids is 3. The van der Waals surface area contributed by atoms with Crippen LogP contribution in [0, 0.1) is 13.8 Å². The van der Waals surface area contributed by atoms with Crippen LogP contribution >= 0.6 is 0 Å². The van der Waals surface area contributed by atoms with Gasteiger partial charge in [0.25, 0.3) is 11.8 Å². The quantitative estimate of drug-likeness (QED) is 0.378. The van der Waals surface area contributed by atoms with Crippen molar-refractivity contribution in [1.29, 1.82) is 0 Å². The number of imide groups is 2. The third-order valence-corrected chi connectivity index (χ3v) is 5.81. The van der Waals surface area contributed by atoms with Gasteiger partial charge in [-0.3, -0.25) is 14.9 Å². The number of benzene rings is 3. The standard InChI is InChI=1S/C29H28N2O5/c1-5-36-24-10-8-23(9-11-24)31-28(33)25(27(32)30-29(31)34)16-20-6-7-22(26(17-20)35-4)15-21-13-18(2)12-19(3)14-21/h6-14,16-17H,5,15H2,1-4H3,(H,30,32,34)/b25-16+. The van der Waals surface area contributed by atoms with Gasteiger partial charge >= 0.3 is 6.03 Å².